The molecule has 0 bridgehead atoms. The highest BCUT2D eigenvalue weighted by Crippen LogP contribution is 2.26. The number of alkyl halides is 1. The molecule has 0 saturated heterocycles. The smallest absolute Gasteiger partial charge is 0.252 e. The molecule has 1 atom stereocenters. The number of amides is 1. The quantitative estimate of drug-likeness (QED) is 0.828. The molecule has 0 fully saturated rings. The number of carbonyl (C=O) groups is 2. The SMILES string of the molecule is CCC(C)(NC(=O)c1cc(Cl)c(C#N)c(Cl)c1)C(=O)CCl. The second-order valence-corrected chi connectivity index (χ2v) is 5.70. The number of nitriles is 1. The maximum atomic E-state index is 12.2. The van der Waals surface area contributed by atoms with Gasteiger partial charge in [0, 0.05) is 5.56 Å². The standard InChI is InChI=1S/C14H13Cl3N2O2/c1-3-14(2,12(20)6-15)19-13(21)8-4-10(16)9(7-18)11(17)5-8/h4-5H,3,6H2,1-2H3,(H,19,21). The van der Waals surface area contributed by atoms with Gasteiger partial charge in [0.25, 0.3) is 5.91 Å². The molecule has 0 aliphatic heterocycles. The van der Waals surface area contributed by atoms with E-state index < -0.39 is 11.4 Å². The van der Waals surface area contributed by atoms with Crippen LogP contribution in [0.3, 0.4) is 0 Å². The van der Waals surface area contributed by atoms with Gasteiger partial charge in [-0.2, -0.15) is 5.26 Å². The molecule has 1 amide bonds. The Hall–Kier alpha value is -1.28. The van der Waals surface area contributed by atoms with Crippen LogP contribution in [-0.2, 0) is 4.79 Å². The fourth-order valence-electron chi connectivity index (χ4n) is 1.64. The van der Waals surface area contributed by atoms with Crippen LogP contribution in [0.4, 0.5) is 0 Å². The van der Waals surface area contributed by atoms with Gasteiger partial charge in [-0.3, -0.25) is 9.59 Å². The maximum Gasteiger partial charge on any atom is 0.252 e. The average molecular weight is 348 g/mol. The van der Waals surface area contributed by atoms with Gasteiger partial charge in [-0.25, -0.2) is 0 Å². The van der Waals surface area contributed by atoms with Crippen molar-refractivity contribution in [1.82, 2.24) is 5.32 Å². The summed E-state index contributed by atoms with van der Waals surface area (Å²) in [5, 5.41) is 11.7. The molecule has 0 spiro atoms. The molecular weight excluding hydrogens is 335 g/mol. The molecule has 1 aromatic carbocycles. The van der Waals surface area contributed by atoms with Crippen molar-refractivity contribution < 1.29 is 9.59 Å². The average Bonchev–Trinajstić information content (AvgIpc) is 2.45. The first-order valence-electron chi connectivity index (χ1n) is 6.10. The first-order valence-corrected chi connectivity index (χ1v) is 7.39. The summed E-state index contributed by atoms with van der Waals surface area (Å²) in [6.07, 6.45) is 0.391. The molecule has 1 unspecified atom stereocenters. The van der Waals surface area contributed by atoms with Gasteiger partial charge in [-0.15, -0.1) is 11.6 Å². The molecule has 21 heavy (non-hydrogen) atoms. The fourth-order valence-corrected chi connectivity index (χ4v) is 2.50. The summed E-state index contributed by atoms with van der Waals surface area (Å²) in [6.45, 7) is 3.37. The number of carbonyl (C=O) groups excluding carboxylic acids is 2. The molecule has 1 N–H and O–H groups in total. The number of hydrogen-bond donors (Lipinski definition) is 1. The molecule has 7 heteroatoms. The normalized spacial score (nSPS) is 13.1. The second kappa shape index (κ2) is 7.13. The zero-order chi connectivity index (χ0) is 16.2. The Morgan fingerprint density at radius 3 is 2.24 bits per heavy atom. The van der Waals surface area contributed by atoms with Crippen LogP contribution < -0.4 is 5.32 Å². The number of Topliss-reactive ketones (excluding diaryl/α,β-unsaturated/α-hetero) is 1. The van der Waals surface area contributed by atoms with Crippen molar-refractivity contribution in [2.24, 2.45) is 0 Å². The molecular formula is C14H13Cl3N2O2. The van der Waals surface area contributed by atoms with Crippen LogP contribution in [0.5, 0.6) is 0 Å². The highest BCUT2D eigenvalue weighted by molar-refractivity contribution is 6.37. The number of halogens is 3. The van der Waals surface area contributed by atoms with Crippen molar-refractivity contribution in [3.8, 4) is 6.07 Å². The molecule has 0 aliphatic rings. The molecule has 1 aromatic rings. The summed E-state index contributed by atoms with van der Waals surface area (Å²) in [5.41, 5.74) is -0.790. The van der Waals surface area contributed by atoms with Crippen LogP contribution in [-0.4, -0.2) is 23.1 Å². The third kappa shape index (κ3) is 3.88. The van der Waals surface area contributed by atoms with Gasteiger partial charge in [-0.05, 0) is 25.5 Å². The Morgan fingerprint density at radius 2 is 1.86 bits per heavy atom. The van der Waals surface area contributed by atoms with Gasteiger partial charge >= 0.3 is 0 Å². The third-order valence-electron chi connectivity index (χ3n) is 3.25. The second-order valence-electron chi connectivity index (χ2n) is 4.62. The van der Waals surface area contributed by atoms with Gasteiger partial charge < -0.3 is 5.32 Å². The number of rotatable bonds is 5. The topological polar surface area (TPSA) is 70.0 Å². The van der Waals surface area contributed by atoms with E-state index in [-0.39, 0.29) is 32.8 Å². The van der Waals surface area contributed by atoms with E-state index in [1.54, 1.807) is 13.8 Å². The molecule has 4 nitrogen and oxygen atoms in total. The summed E-state index contributed by atoms with van der Waals surface area (Å²) in [7, 11) is 0. The molecule has 0 aromatic heterocycles. The zero-order valence-corrected chi connectivity index (χ0v) is 13.7. The van der Waals surface area contributed by atoms with Gasteiger partial charge in [-0.1, -0.05) is 30.1 Å². The Morgan fingerprint density at radius 1 is 1.33 bits per heavy atom. The lowest BCUT2D eigenvalue weighted by Crippen LogP contribution is -2.52. The predicted molar refractivity (Wildman–Crippen MR) is 83.1 cm³/mol. The van der Waals surface area contributed by atoms with E-state index in [1.165, 1.54) is 12.1 Å². The van der Waals surface area contributed by atoms with E-state index in [4.69, 9.17) is 40.1 Å². The zero-order valence-electron chi connectivity index (χ0n) is 11.5. The monoisotopic (exact) mass is 346 g/mol. The van der Waals surface area contributed by atoms with Crippen molar-refractivity contribution in [2.45, 2.75) is 25.8 Å². The van der Waals surface area contributed by atoms with Gasteiger partial charge in [0.2, 0.25) is 0 Å². The highest BCUT2D eigenvalue weighted by atomic mass is 35.5. The Kier molecular flexibility index (Phi) is 6.03. The number of nitrogens with zero attached hydrogens (tertiary/aromatic N) is 1. The van der Waals surface area contributed by atoms with E-state index >= 15 is 0 Å². The molecule has 0 saturated carbocycles. The van der Waals surface area contributed by atoms with Crippen molar-refractivity contribution in [2.75, 3.05) is 5.88 Å². The van der Waals surface area contributed by atoms with Gasteiger partial charge in [0.15, 0.2) is 5.78 Å². The van der Waals surface area contributed by atoms with E-state index in [0.29, 0.717) is 6.42 Å². The summed E-state index contributed by atoms with van der Waals surface area (Å²) in [5.74, 6) is -0.989. The Bertz CT molecular complexity index is 602. The van der Waals surface area contributed by atoms with Crippen LogP contribution in [0.25, 0.3) is 0 Å². The summed E-state index contributed by atoms with van der Waals surface area (Å²) < 4.78 is 0. The largest absolute Gasteiger partial charge is 0.340 e. The van der Waals surface area contributed by atoms with Crippen molar-refractivity contribution in [3.63, 3.8) is 0 Å². The van der Waals surface area contributed by atoms with Crippen LogP contribution in [0, 0.1) is 11.3 Å². The molecule has 112 valence electrons. The molecule has 0 radical (unpaired) electrons. The van der Waals surface area contributed by atoms with Crippen LogP contribution in [0.1, 0.15) is 36.2 Å². The predicted octanol–water partition coefficient (Wildman–Crippen LogP) is 3.57. The maximum absolute atomic E-state index is 12.2. The highest BCUT2D eigenvalue weighted by Gasteiger charge is 2.32. The van der Waals surface area contributed by atoms with Crippen LogP contribution >= 0.6 is 34.8 Å². The van der Waals surface area contributed by atoms with E-state index in [1.807, 2.05) is 6.07 Å². The Labute approximate surface area is 138 Å². The first kappa shape index (κ1) is 17.8. The van der Waals surface area contributed by atoms with E-state index in [2.05, 4.69) is 5.32 Å². The molecule has 0 heterocycles. The summed E-state index contributed by atoms with van der Waals surface area (Å²) in [6, 6.07) is 4.52. The number of nitrogens with one attached hydrogen (secondary N) is 1. The van der Waals surface area contributed by atoms with Crippen molar-refractivity contribution in [1.29, 1.82) is 5.26 Å². The number of ketones is 1. The number of benzene rings is 1. The number of hydrogen-bond acceptors (Lipinski definition) is 3. The van der Waals surface area contributed by atoms with E-state index in [9.17, 15) is 9.59 Å². The van der Waals surface area contributed by atoms with Gasteiger partial charge in [0.05, 0.1) is 27.0 Å². The van der Waals surface area contributed by atoms with Gasteiger partial charge in [0.1, 0.15) is 6.07 Å². The Balaban J connectivity index is 3.11. The molecule has 1 rings (SSSR count). The minimum absolute atomic E-state index is 0.0806. The van der Waals surface area contributed by atoms with Crippen LogP contribution in [0.2, 0.25) is 10.0 Å². The lowest BCUT2D eigenvalue weighted by molar-refractivity contribution is -0.122. The summed E-state index contributed by atoms with van der Waals surface area (Å²) >= 11 is 17.4. The minimum atomic E-state index is -1.06. The van der Waals surface area contributed by atoms with Crippen LogP contribution in [0.15, 0.2) is 12.1 Å². The minimum Gasteiger partial charge on any atom is -0.340 e. The lowest BCUT2D eigenvalue weighted by atomic mass is 9.93. The fraction of sp³-hybridized carbons (Fsp3) is 0.357. The lowest BCUT2D eigenvalue weighted by Gasteiger charge is -2.27. The third-order valence-corrected chi connectivity index (χ3v) is 4.09. The van der Waals surface area contributed by atoms with E-state index in [0.717, 1.165) is 0 Å². The first-order chi connectivity index (χ1) is 9.78. The molecule has 0 aliphatic carbocycles. The van der Waals surface area contributed by atoms with Crippen molar-refractivity contribution >= 4 is 46.5 Å². The van der Waals surface area contributed by atoms with Crippen molar-refractivity contribution in [3.05, 3.63) is 33.3 Å². The summed E-state index contributed by atoms with van der Waals surface area (Å²) in [4.78, 5) is 24.1.